The molecule has 0 spiro atoms. The van der Waals surface area contributed by atoms with Crippen molar-refractivity contribution >= 4 is 21.6 Å². The maximum Gasteiger partial charge on any atom is 0.244 e. The molecule has 0 aromatic heterocycles. The van der Waals surface area contributed by atoms with Crippen LogP contribution in [-0.4, -0.2) is 34.0 Å². The van der Waals surface area contributed by atoms with Gasteiger partial charge in [0.05, 0.1) is 19.2 Å². The van der Waals surface area contributed by atoms with Crippen LogP contribution < -0.4 is 9.47 Å². The third-order valence-corrected chi connectivity index (χ3v) is 5.68. The van der Waals surface area contributed by atoms with Gasteiger partial charge in [0.1, 0.15) is 4.90 Å². The molecule has 2 aromatic rings. The summed E-state index contributed by atoms with van der Waals surface area (Å²) in [6.45, 7) is 0.188. The zero-order valence-electron chi connectivity index (χ0n) is 13.1. The predicted octanol–water partition coefficient (Wildman–Crippen LogP) is 3.18. The molecule has 0 bridgehead atoms. The lowest BCUT2D eigenvalue weighted by atomic mass is 10.2. The Balaban J connectivity index is 2.28. The molecule has 23 heavy (non-hydrogen) atoms. The SMILES string of the molecule is COc1ccc(CN(C)S(=O)(=O)c2ccccc2Cl)cc1OC. The summed E-state index contributed by atoms with van der Waals surface area (Å²) >= 11 is 6.00. The van der Waals surface area contributed by atoms with Crippen molar-refractivity contribution in [3.63, 3.8) is 0 Å². The van der Waals surface area contributed by atoms with Gasteiger partial charge in [-0.05, 0) is 29.8 Å². The number of benzene rings is 2. The molecule has 0 radical (unpaired) electrons. The van der Waals surface area contributed by atoms with Crippen LogP contribution in [-0.2, 0) is 16.6 Å². The van der Waals surface area contributed by atoms with Crippen molar-refractivity contribution in [1.82, 2.24) is 4.31 Å². The number of sulfonamides is 1. The topological polar surface area (TPSA) is 55.8 Å². The van der Waals surface area contributed by atoms with Gasteiger partial charge in [-0.15, -0.1) is 0 Å². The summed E-state index contributed by atoms with van der Waals surface area (Å²) in [4.78, 5) is 0.0876. The van der Waals surface area contributed by atoms with E-state index in [1.807, 2.05) is 0 Å². The average Bonchev–Trinajstić information content (AvgIpc) is 2.54. The highest BCUT2D eigenvalue weighted by molar-refractivity contribution is 7.89. The van der Waals surface area contributed by atoms with Crippen LogP contribution in [0.15, 0.2) is 47.4 Å². The van der Waals surface area contributed by atoms with E-state index >= 15 is 0 Å². The van der Waals surface area contributed by atoms with Crippen molar-refractivity contribution in [2.24, 2.45) is 0 Å². The first-order chi connectivity index (χ1) is 10.9. The minimum Gasteiger partial charge on any atom is -0.493 e. The molecule has 0 amide bonds. The Hall–Kier alpha value is -1.76. The van der Waals surface area contributed by atoms with Gasteiger partial charge in [0.15, 0.2) is 11.5 Å². The summed E-state index contributed by atoms with van der Waals surface area (Å²) in [6, 6.07) is 11.7. The van der Waals surface area contributed by atoms with E-state index in [1.165, 1.54) is 24.5 Å². The van der Waals surface area contributed by atoms with Crippen LogP contribution in [0.2, 0.25) is 5.02 Å². The second-order valence-electron chi connectivity index (χ2n) is 4.88. The number of methoxy groups -OCH3 is 2. The number of ether oxygens (including phenoxy) is 2. The summed E-state index contributed by atoms with van der Waals surface area (Å²) in [5.74, 6) is 1.14. The lowest BCUT2D eigenvalue weighted by molar-refractivity contribution is 0.354. The minimum absolute atomic E-state index is 0.0876. The van der Waals surface area contributed by atoms with Crippen LogP contribution in [0.5, 0.6) is 11.5 Å². The highest BCUT2D eigenvalue weighted by Gasteiger charge is 2.23. The Bertz CT molecular complexity index is 792. The molecule has 0 unspecified atom stereocenters. The molecule has 0 atom stereocenters. The Kier molecular flexibility index (Phi) is 5.51. The van der Waals surface area contributed by atoms with Crippen LogP contribution in [0.25, 0.3) is 0 Å². The number of hydrogen-bond donors (Lipinski definition) is 0. The van der Waals surface area contributed by atoms with Crippen molar-refractivity contribution in [3.05, 3.63) is 53.1 Å². The molecule has 0 saturated carbocycles. The van der Waals surface area contributed by atoms with Gasteiger partial charge in [0.25, 0.3) is 0 Å². The highest BCUT2D eigenvalue weighted by Crippen LogP contribution is 2.29. The zero-order chi connectivity index (χ0) is 17.0. The van der Waals surface area contributed by atoms with E-state index in [0.717, 1.165) is 5.56 Å². The highest BCUT2D eigenvalue weighted by atomic mass is 35.5. The molecule has 124 valence electrons. The summed E-state index contributed by atoms with van der Waals surface area (Å²) < 4.78 is 36.9. The Morgan fingerprint density at radius 2 is 1.70 bits per heavy atom. The van der Waals surface area contributed by atoms with Crippen molar-refractivity contribution < 1.29 is 17.9 Å². The van der Waals surface area contributed by atoms with E-state index in [0.29, 0.717) is 11.5 Å². The van der Waals surface area contributed by atoms with Crippen molar-refractivity contribution in [2.75, 3.05) is 21.3 Å². The molecule has 0 aliphatic rings. The lowest BCUT2D eigenvalue weighted by Crippen LogP contribution is -2.26. The fraction of sp³-hybridized carbons (Fsp3) is 0.250. The third-order valence-electron chi connectivity index (χ3n) is 3.38. The quantitative estimate of drug-likeness (QED) is 0.798. The molecule has 7 heteroatoms. The minimum atomic E-state index is -3.67. The normalized spacial score (nSPS) is 11.5. The molecule has 0 saturated heterocycles. The van der Waals surface area contributed by atoms with Crippen LogP contribution >= 0.6 is 11.6 Å². The van der Waals surface area contributed by atoms with Gasteiger partial charge in [-0.3, -0.25) is 0 Å². The van der Waals surface area contributed by atoms with E-state index in [2.05, 4.69) is 0 Å². The van der Waals surface area contributed by atoms with Gasteiger partial charge in [0, 0.05) is 13.6 Å². The Morgan fingerprint density at radius 3 is 2.30 bits per heavy atom. The molecule has 0 fully saturated rings. The van der Waals surface area contributed by atoms with E-state index in [1.54, 1.807) is 43.5 Å². The van der Waals surface area contributed by atoms with E-state index in [4.69, 9.17) is 21.1 Å². The molecule has 2 rings (SSSR count). The molecule has 0 heterocycles. The second-order valence-corrected chi connectivity index (χ2v) is 7.30. The fourth-order valence-corrected chi connectivity index (χ4v) is 3.79. The lowest BCUT2D eigenvalue weighted by Gasteiger charge is -2.19. The Labute approximate surface area is 141 Å². The smallest absolute Gasteiger partial charge is 0.244 e. The molecule has 2 aromatic carbocycles. The molecule has 5 nitrogen and oxygen atoms in total. The summed E-state index contributed by atoms with van der Waals surface area (Å²) in [7, 11) is 0.916. The summed E-state index contributed by atoms with van der Waals surface area (Å²) in [5, 5.41) is 0.201. The first-order valence-corrected chi connectivity index (χ1v) is 8.63. The van der Waals surface area contributed by atoms with E-state index < -0.39 is 10.0 Å². The van der Waals surface area contributed by atoms with Gasteiger partial charge in [-0.1, -0.05) is 29.8 Å². The third kappa shape index (κ3) is 3.77. The number of nitrogens with zero attached hydrogens (tertiary/aromatic N) is 1. The van der Waals surface area contributed by atoms with Crippen LogP contribution in [0, 0.1) is 0 Å². The second kappa shape index (κ2) is 7.21. The number of hydrogen-bond acceptors (Lipinski definition) is 4. The average molecular weight is 356 g/mol. The monoisotopic (exact) mass is 355 g/mol. The molecule has 0 aliphatic carbocycles. The maximum atomic E-state index is 12.6. The van der Waals surface area contributed by atoms with Crippen molar-refractivity contribution in [1.29, 1.82) is 0 Å². The summed E-state index contributed by atoms with van der Waals surface area (Å²) in [6.07, 6.45) is 0. The van der Waals surface area contributed by atoms with Gasteiger partial charge >= 0.3 is 0 Å². The zero-order valence-corrected chi connectivity index (χ0v) is 14.7. The standard InChI is InChI=1S/C16H18ClNO4S/c1-18(23(19,20)16-7-5-4-6-13(16)17)11-12-8-9-14(21-2)15(10-12)22-3/h4-10H,11H2,1-3H3. The number of halogens is 1. The Morgan fingerprint density at radius 1 is 1.04 bits per heavy atom. The van der Waals surface area contributed by atoms with Gasteiger partial charge in [0.2, 0.25) is 10.0 Å². The first kappa shape index (κ1) is 17.6. The molecule has 0 aliphatic heterocycles. The van der Waals surface area contributed by atoms with Crippen LogP contribution in [0.1, 0.15) is 5.56 Å². The van der Waals surface area contributed by atoms with Gasteiger partial charge in [-0.2, -0.15) is 4.31 Å². The first-order valence-electron chi connectivity index (χ1n) is 6.82. The fourth-order valence-electron chi connectivity index (χ4n) is 2.14. The van der Waals surface area contributed by atoms with E-state index in [9.17, 15) is 8.42 Å². The predicted molar refractivity (Wildman–Crippen MR) is 89.7 cm³/mol. The van der Waals surface area contributed by atoms with Crippen LogP contribution in [0.4, 0.5) is 0 Å². The van der Waals surface area contributed by atoms with Gasteiger partial charge < -0.3 is 9.47 Å². The molecular formula is C16H18ClNO4S. The van der Waals surface area contributed by atoms with Gasteiger partial charge in [-0.25, -0.2) is 8.42 Å². The largest absolute Gasteiger partial charge is 0.493 e. The summed E-state index contributed by atoms with van der Waals surface area (Å²) in [5.41, 5.74) is 0.778. The van der Waals surface area contributed by atoms with E-state index in [-0.39, 0.29) is 16.5 Å². The number of rotatable bonds is 6. The van der Waals surface area contributed by atoms with Crippen LogP contribution in [0.3, 0.4) is 0 Å². The maximum absolute atomic E-state index is 12.6. The van der Waals surface area contributed by atoms with Crippen molar-refractivity contribution in [2.45, 2.75) is 11.4 Å². The molecule has 0 N–H and O–H groups in total. The molecular weight excluding hydrogens is 338 g/mol. The van der Waals surface area contributed by atoms with Crippen molar-refractivity contribution in [3.8, 4) is 11.5 Å².